The van der Waals surface area contributed by atoms with Crippen molar-refractivity contribution in [3.63, 3.8) is 0 Å². The zero-order valence-electron chi connectivity index (χ0n) is 13.2. The summed E-state index contributed by atoms with van der Waals surface area (Å²) in [6.45, 7) is 16.0. The molecule has 0 aromatic rings. The fourth-order valence-electron chi connectivity index (χ4n) is 1.41. The fourth-order valence-corrected chi connectivity index (χ4v) is 1.41. The highest BCUT2D eigenvalue weighted by Gasteiger charge is 2.16. The minimum absolute atomic E-state index is 0.0207. The molecule has 1 atom stereocenters. The van der Waals surface area contributed by atoms with Crippen LogP contribution < -0.4 is 5.32 Å². The molecule has 0 aromatic heterocycles. The first-order valence-corrected chi connectivity index (χ1v) is 6.93. The van der Waals surface area contributed by atoms with Gasteiger partial charge in [0.2, 0.25) is 5.91 Å². The quantitative estimate of drug-likeness (QED) is 0.792. The van der Waals surface area contributed by atoms with Crippen molar-refractivity contribution in [3.8, 4) is 0 Å². The van der Waals surface area contributed by atoms with Gasteiger partial charge >= 0.3 is 0 Å². The van der Waals surface area contributed by atoms with Crippen molar-refractivity contribution in [1.82, 2.24) is 5.32 Å². The molecule has 1 amide bonds. The van der Waals surface area contributed by atoms with Gasteiger partial charge in [0.25, 0.3) is 0 Å². The Hall–Kier alpha value is -0.570. The molecule has 108 valence electrons. The zero-order chi connectivity index (χ0) is 14.4. The van der Waals surface area contributed by atoms with Crippen LogP contribution in [0.5, 0.6) is 0 Å². The molecule has 0 fully saturated rings. The number of nitrogens with one attached hydrogen (secondary N) is 1. The van der Waals surface area contributed by atoms with E-state index in [2.05, 4.69) is 26.1 Å². The van der Waals surface area contributed by atoms with E-state index < -0.39 is 0 Å². The Morgan fingerprint density at radius 3 is 2.17 bits per heavy atom. The van der Waals surface area contributed by atoms with E-state index in [4.69, 9.17) is 4.74 Å². The van der Waals surface area contributed by atoms with E-state index in [0.717, 1.165) is 19.4 Å². The number of hydrogen-bond acceptors (Lipinski definition) is 2. The van der Waals surface area contributed by atoms with Gasteiger partial charge in [0.1, 0.15) is 0 Å². The summed E-state index contributed by atoms with van der Waals surface area (Å²) < 4.78 is 5.63. The zero-order valence-corrected chi connectivity index (χ0v) is 13.2. The first-order chi connectivity index (χ1) is 8.01. The standard InChI is InChI=1S/C15H31NO2/c1-12(8-11-18-15(5,6)7)13(17)16-10-9-14(2,3)4/h12H,8-11H2,1-7H3,(H,16,17). The van der Waals surface area contributed by atoms with Gasteiger partial charge in [-0.05, 0) is 39.0 Å². The van der Waals surface area contributed by atoms with E-state index in [1.807, 2.05) is 27.7 Å². The van der Waals surface area contributed by atoms with Crippen LogP contribution in [0.15, 0.2) is 0 Å². The molecule has 3 heteroatoms. The first-order valence-electron chi connectivity index (χ1n) is 6.93. The van der Waals surface area contributed by atoms with Crippen LogP contribution in [0.4, 0.5) is 0 Å². The van der Waals surface area contributed by atoms with Crippen LogP contribution in [0.3, 0.4) is 0 Å². The molecule has 0 saturated carbocycles. The molecule has 0 spiro atoms. The molecule has 18 heavy (non-hydrogen) atoms. The highest BCUT2D eigenvalue weighted by Crippen LogP contribution is 2.17. The average molecular weight is 257 g/mol. The Morgan fingerprint density at radius 1 is 1.17 bits per heavy atom. The highest BCUT2D eigenvalue weighted by atomic mass is 16.5. The predicted octanol–water partition coefficient (Wildman–Crippen LogP) is 3.38. The summed E-state index contributed by atoms with van der Waals surface area (Å²) in [6, 6.07) is 0. The molecule has 0 radical (unpaired) electrons. The third-order valence-corrected chi connectivity index (χ3v) is 2.71. The number of rotatable bonds is 6. The summed E-state index contributed by atoms with van der Waals surface area (Å²) in [7, 11) is 0. The Bertz CT molecular complexity index is 248. The average Bonchev–Trinajstić information content (AvgIpc) is 2.13. The van der Waals surface area contributed by atoms with E-state index in [1.165, 1.54) is 0 Å². The van der Waals surface area contributed by atoms with E-state index >= 15 is 0 Å². The van der Waals surface area contributed by atoms with Crippen molar-refractivity contribution >= 4 is 5.91 Å². The van der Waals surface area contributed by atoms with Crippen LogP contribution in [0.2, 0.25) is 0 Å². The van der Waals surface area contributed by atoms with Crippen LogP contribution >= 0.6 is 0 Å². The maximum atomic E-state index is 11.8. The molecule has 0 heterocycles. The first kappa shape index (κ1) is 17.4. The monoisotopic (exact) mass is 257 g/mol. The van der Waals surface area contributed by atoms with Gasteiger partial charge in [0.15, 0.2) is 0 Å². The molecule has 0 bridgehead atoms. The lowest BCUT2D eigenvalue weighted by Crippen LogP contribution is -2.32. The molecular formula is C15H31NO2. The van der Waals surface area contributed by atoms with Gasteiger partial charge in [0, 0.05) is 19.1 Å². The van der Waals surface area contributed by atoms with Crippen molar-refractivity contribution in [2.45, 2.75) is 66.9 Å². The smallest absolute Gasteiger partial charge is 0.222 e. The van der Waals surface area contributed by atoms with Crippen LogP contribution in [-0.2, 0) is 9.53 Å². The molecule has 0 aromatic carbocycles. The molecule has 1 N–H and O–H groups in total. The molecule has 1 unspecified atom stereocenters. The molecule has 0 aliphatic rings. The van der Waals surface area contributed by atoms with Gasteiger partial charge in [0.05, 0.1) is 5.60 Å². The summed E-state index contributed by atoms with van der Waals surface area (Å²) in [4.78, 5) is 11.8. The Labute approximate surface area is 113 Å². The maximum absolute atomic E-state index is 11.8. The van der Waals surface area contributed by atoms with Crippen molar-refractivity contribution in [3.05, 3.63) is 0 Å². The summed E-state index contributed by atoms with van der Waals surface area (Å²) in [5.74, 6) is 0.157. The van der Waals surface area contributed by atoms with Gasteiger partial charge in [-0.2, -0.15) is 0 Å². The van der Waals surface area contributed by atoms with Gasteiger partial charge in [-0.3, -0.25) is 4.79 Å². The van der Waals surface area contributed by atoms with Crippen molar-refractivity contribution in [2.75, 3.05) is 13.2 Å². The predicted molar refractivity (Wildman–Crippen MR) is 76.6 cm³/mol. The fraction of sp³-hybridized carbons (Fsp3) is 0.933. The van der Waals surface area contributed by atoms with E-state index in [0.29, 0.717) is 6.61 Å². The highest BCUT2D eigenvalue weighted by molar-refractivity contribution is 5.78. The van der Waals surface area contributed by atoms with Gasteiger partial charge in [-0.15, -0.1) is 0 Å². The normalized spacial score (nSPS) is 14.4. The number of hydrogen-bond donors (Lipinski definition) is 1. The number of ether oxygens (including phenoxy) is 1. The van der Waals surface area contributed by atoms with Crippen LogP contribution in [0.1, 0.15) is 61.3 Å². The second kappa shape index (κ2) is 7.13. The largest absolute Gasteiger partial charge is 0.376 e. The molecule has 0 saturated heterocycles. The van der Waals surface area contributed by atoms with E-state index in [1.54, 1.807) is 0 Å². The van der Waals surface area contributed by atoms with Gasteiger partial charge in [-0.25, -0.2) is 0 Å². The third-order valence-electron chi connectivity index (χ3n) is 2.71. The van der Waals surface area contributed by atoms with Crippen LogP contribution in [0, 0.1) is 11.3 Å². The molecular weight excluding hydrogens is 226 g/mol. The second-order valence-electron chi connectivity index (χ2n) is 7.25. The molecule has 3 nitrogen and oxygen atoms in total. The lowest BCUT2D eigenvalue weighted by Gasteiger charge is -2.21. The number of carbonyl (C=O) groups is 1. The molecule has 0 aliphatic heterocycles. The van der Waals surface area contributed by atoms with Gasteiger partial charge in [-0.1, -0.05) is 27.7 Å². The second-order valence-corrected chi connectivity index (χ2v) is 7.25. The Kier molecular flexibility index (Phi) is 6.90. The van der Waals surface area contributed by atoms with Crippen LogP contribution in [0.25, 0.3) is 0 Å². The molecule has 0 rings (SSSR count). The van der Waals surface area contributed by atoms with Crippen molar-refractivity contribution in [1.29, 1.82) is 0 Å². The summed E-state index contributed by atoms with van der Waals surface area (Å²) in [5.41, 5.74) is 0.147. The number of amides is 1. The summed E-state index contributed by atoms with van der Waals surface area (Å²) >= 11 is 0. The lowest BCUT2D eigenvalue weighted by molar-refractivity contribution is -0.125. The van der Waals surface area contributed by atoms with E-state index in [9.17, 15) is 4.79 Å². The van der Waals surface area contributed by atoms with Crippen molar-refractivity contribution in [2.24, 2.45) is 11.3 Å². The lowest BCUT2D eigenvalue weighted by atomic mass is 9.92. The summed E-state index contributed by atoms with van der Waals surface area (Å²) in [5, 5.41) is 2.99. The van der Waals surface area contributed by atoms with E-state index in [-0.39, 0.29) is 22.8 Å². The SMILES string of the molecule is CC(CCOC(C)(C)C)C(=O)NCCC(C)(C)C. The maximum Gasteiger partial charge on any atom is 0.222 e. The Morgan fingerprint density at radius 2 is 1.72 bits per heavy atom. The third kappa shape index (κ3) is 10.6. The minimum Gasteiger partial charge on any atom is -0.376 e. The van der Waals surface area contributed by atoms with Gasteiger partial charge < -0.3 is 10.1 Å². The summed E-state index contributed by atoms with van der Waals surface area (Å²) in [6.07, 6.45) is 1.78. The van der Waals surface area contributed by atoms with Crippen molar-refractivity contribution < 1.29 is 9.53 Å². The topological polar surface area (TPSA) is 38.3 Å². The molecule has 0 aliphatic carbocycles. The Balaban J connectivity index is 3.77. The van der Waals surface area contributed by atoms with Crippen LogP contribution in [-0.4, -0.2) is 24.7 Å². The minimum atomic E-state index is -0.123. The number of carbonyl (C=O) groups excluding carboxylic acids is 1.